The number of pyridine rings is 1. The Hall–Kier alpha value is -3.47. The molecule has 0 N–H and O–H groups in total. The number of hydrogen-bond donors (Lipinski definition) is 0. The van der Waals surface area contributed by atoms with E-state index in [1.807, 2.05) is 29.7 Å². The van der Waals surface area contributed by atoms with Gasteiger partial charge in [0.25, 0.3) is 6.43 Å². The highest BCUT2D eigenvalue weighted by Crippen LogP contribution is 2.41. The summed E-state index contributed by atoms with van der Waals surface area (Å²) >= 11 is 0. The molecule has 11 heteroatoms. The Balaban J connectivity index is 1.57. The minimum atomic E-state index is -2.73. The summed E-state index contributed by atoms with van der Waals surface area (Å²) in [4.78, 5) is 24.4. The largest absolute Gasteiger partial charge is 0.338 e. The number of hydrogen-bond acceptors (Lipinski definition) is 5. The molecule has 1 saturated heterocycles. The van der Waals surface area contributed by atoms with Crippen LogP contribution in [0.25, 0.3) is 33.4 Å². The Bertz CT molecular complexity index is 1590. The van der Waals surface area contributed by atoms with Crippen LogP contribution in [0.5, 0.6) is 0 Å². The van der Waals surface area contributed by atoms with Crippen LogP contribution in [0.3, 0.4) is 0 Å². The van der Waals surface area contributed by atoms with Crippen molar-refractivity contribution in [3.8, 4) is 22.5 Å². The molecule has 1 fully saturated rings. The number of rotatable bonds is 4. The maximum atomic E-state index is 14.3. The molecule has 1 amide bonds. The van der Waals surface area contributed by atoms with Gasteiger partial charge in [-0.2, -0.15) is 5.10 Å². The summed E-state index contributed by atoms with van der Waals surface area (Å²) in [7, 11) is 2.67. The Morgan fingerprint density at radius 2 is 1.87 bits per heavy atom. The van der Waals surface area contributed by atoms with Crippen molar-refractivity contribution in [1.82, 2.24) is 29.2 Å². The third-order valence-corrected chi connectivity index (χ3v) is 9.04. The number of aromatic nitrogens is 5. The van der Waals surface area contributed by atoms with Crippen LogP contribution in [0, 0.1) is 0 Å². The number of amides is 1. The van der Waals surface area contributed by atoms with E-state index >= 15 is 0 Å². The van der Waals surface area contributed by atoms with Gasteiger partial charge >= 0.3 is 0 Å². The number of carbonyl (C=O) groups is 1. The van der Waals surface area contributed by atoms with Crippen LogP contribution in [0.4, 0.5) is 8.78 Å². The molecule has 5 heterocycles. The fourth-order valence-electron chi connectivity index (χ4n) is 5.71. The van der Waals surface area contributed by atoms with Gasteiger partial charge in [0.2, 0.25) is 5.91 Å². The van der Waals surface area contributed by atoms with Gasteiger partial charge in [-0.05, 0) is 31.9 Å². The van der Waals surface area contributed by atoms with Gasteiger partial charge in [-0.1, -0.05) is 12.1 Å². The standard InChI is InChI=1S/C27H28F2N6O2S/c1-15-27(36)33(2)14-22-24(32-26(35(15)22)16-7-9-38(37)10-8-16)18-5-4-6-21-19(18)11-20(25(28)29)23(31-21)17-12-30-34(3)13-17/h4-6,11-13,15-16,25H,7-10,14H2,1-3H3. The van der Waals surface area contributed by atoms with Crippen molar-refractivity contribution in [2.45, 2.75) is 44.7 Å². The number of benzene rings is 1. The van der Waals surface area contributed by atoms with E-state index in [0.29, 0.717) is 45.8 Å². The minimum Gasteiger partial charge on any atom is -0.338 e. The number of nitrogens with zero attached hydrogens (tertiary/aromatic N) is 6. The van der Waals surface area contributed by atoms with Crippen LogP contribution in [-0.4, -0.2) is 57.9 Å². The lowest BCUT2D eigenvalue weighted by molar-refractivity contribution is -0.135. The average Bonchev–Trinajstić information content (AvgIpc) is 3.50. The normalized spacial score (nSPS) is 21.9. The molecule has 1 atom stereocenters. The average molecular weight is 539 g/mol. The lowest BCUT2D eigenvalue weighted by atomic mass is 9.99. The Morgan fingerprint density at radius 3 is 2.55 bits per heavy atom. The monoisotopic (exact) mass is 538 g/mol. The third-order valence-electron chi connectivity index (χ3n) is 7.66. The van der Waals surface area contributed by atoms with Crippen LogP contribution in [0.15, 0.2) is 36.7 Å². The van der Waals surface area contributed by atoms with Crippen LogP contribution in [0.1, 0.15) is 55.2 Å². The van der Waals surface area contributed by atoms with Crippen molar-refractivity contribution in [1.29, 1.82) is 0 Å². The van der Waals surface area contributed by atoms with Gasteiger partial charge < -0.3 is 9.47 Å². The Labute approximate surface area is 221 Å². The molecule has 1 unspecified atom stereocenters. The summed E-state index contributed by atoms with van der Waals surface area (Å²) in [6.45, 7) is 2.24. The zero-order valence-corrected chi connectivity index (χ0v) is 22.2. The number of halogens is 2. The van der Waals surface area contributed by atoms with Crippen molar-refractivity contribution in [2.75, 3.05) is 18.6 Å². The molecule has 198 valence electrons. The molecule has 0 saturated carbocycles. The fraction of sp³-hybridized carbons (Fsp3) is 0.407. The van der Waals surface area contributed by atoms with E-state index in [1.165, 1.54) is 12.3 Å². The number of likely N-dealkylation sites (N-methyl/N-ethyl adjacent to an activating group) is 1. The molecular weight excluding hydrogens is 510 g/mol. The highest BCUT2D eigenvalue weighted by molar-refractivity contribution is 7.85. The number of alkyl halides is 2. The fourth-order valence-corrected chi connectivity index (χ4v) is 7.01. The van der Waals surface area contributed by atoms with Crippen LogP contribution >= 0.6 is 0 Å². The van der Waals surface area contributed by atoms with E-state index in [4.69, 9.17) is 4.98 Å². The van der Waals surface area contributed by atoms with Gasteiger partial charge in [0.15, 0.2) is 0 Å². The second-order valence-corrected chi connectivity index (χ2v) is 11.8. The van der Waals surface area contributed by atoms with Crippen molar-refractivity contribution >= 4 is 27.6 Å². The smallest absolute Gasteiger partial charge is 0.265 e. The second kappa shape index (κ2) is 9.37. The van der Waals surface area contributed by atoms with Gasteiger partial charge in [0.1, 0.15) is 11.9 Å². The van der Waals surface area contributed by atoms with Gasteiger partial charge in [-0.3, -0.25) is 13.7 Å². The van der Waals surface area contributed by atoms with E-state index in [9.17, 15) is 17.8 Å². The molecule has 0 aliphatic carbocycles. The molecule has 0 bridgehead atoms. The maximum absolute atomic E-state index is 14.3. The molecule has 38 heavy (non-hydrogen) atoms. The maximum Gasteiger partial charge on any atom is 0.265 e. The summed E-state index contributed by atoms with van der Waals surface area (Å²) < 4.78 is 44.3. The van der Waals surface area contributed by atoms with E-state index < -0.39 is 23.3 Å². The van der Waals surface area contributed by atoms with Gasteiger partial charge in [-0.25, -0.2) is 18.7 Å². The van der Waals surface area contributed by atoms with Crippen LogP contribution in [-0.2, 0) is 29.2 Å². The van der Waals surface area contributed by atoms with Gasteiger partial charge in [0.05, 0.1) is 35.3 Å². The molecule has 0 spiro atoms. The highest BCUT2D eigenvalue weighted by atomic mass is 32.2. The molecule has 3 aromatic heterocycles. The Morgan fingerprint density at radius 1 is 1.11 bits per heavy atom. The summed E-state index contributed by atoms with van der Waals surface area (Å²) in [5.74, 6) is 2.12. The van der Waals surface area contributed by atoms with Gasteiger partial charge in [-0.15, -0.1) is 0 Å². The van der Waals surface area contributed by atoms with Crippen molar-refractivity contribution in [2.24, 2.45) is 7.05 Å². The van der Waals surface area contributed by atoms with Crippen LogP contribution in [0.2, 0.25) is 0 Å². The third kappa shape index (κ3) is 4.03. The second-order valence-electron chi connectivity index (χ2n) is 10.1. The molecule has 0 radical (unpaired) electrons. The Kier molecular flexibility index (Phi) is 6.13. The first kappa shape index (κ1) is 24.8. The van der Waals surface area contributed by atoms with E-state index in [1.54, 1.807) is 29.9 Å². The lowest BCUT2D eigenvalue weighted by Crippen LogP contribution is -2.40. The SMILES string of the molecule is CC1C(=O)N(C)Cc2c(-c3cccc4nc(-c5cnn(C)c5)c(C(F)F)cc34)nc(C3CCS(=O)CC3)n21. The predicted molar refractivity (Wildman–Crippen MR) is 141 cm³/mol. The molecule has 8 nitrogen and oxygen atoms in total. The zero-order valence-electron chi connectivity index (χ0n) is 21.4. The molecule has 6 rings (SSSR count). The quantitative estimate of drug-likeness (QED) is 0.379. The molecule has 2 aliphatic heterocycles. The highest BCUT2D eigenvalue weighted by Gasteiger charge is 2.36. The number of aryl methyl sites for hydroxylation is 1. The summed E-state index contributed by atoms with van der Waals surface area (Å²) in [5.41, 5.74) is 3.42. The summed E-state index contributed by atoms with van der Waals surface area (Å²) in [6, 6.07) is 6.63. The summed E-state index contributed by atoms with van der Waals surface area (Å²) in [6.07, 6.45) is 1.95. The molecule has 1 aromatic carbocycles. The molecule has 2 aliphatic rings. The molecule has 4 aromatic rings. The predicted octanol–water partition coefficient (Wildman–Crippen LogP) is 4.60. The number of fused-ring (bicyclic) bond motifs is 2. The topological polar surface area (TPSA) is 85.9 Å². The minimum absolute atomic E-state index is 0.00257. The van der Waals surface area contributed by atoms with Crippen molar-refractivity contribution < 1.29 is 17.8 Å². The number of imidazole rings is 1. The number of carbonyl (C=O) groups excluding carboxylic acids is 1. The van der Waals surface area contributed by atoms with E-state index in [-0.39, 0.29) is 23.1 Å². The lowest BCUT2D eigenvalue weighted by Gasteiger charge is -2.32. The van der Waals surface area contributed by atoms with E-state index in [2.05, 4.69) is 10.1 Å². The first-order valence-electron chi connectivity index (χ1n) is 12.6. The van der Waals surface area contributed by atoms with Gasteiger partial charge in [0, 0.05) is 70.6 Å². The zero-order chi connectivity index (χ0) is 26.7. The summed E-state index contributed by atoms with van der Waals surface area (Å²) in [5, 5.41) is 4.71. The van der Waals surface area contributed by atoms with E-state index in [0.717, 1.165) is 24.4 Å². The first-order chi connectivity index (χ1) is 18.2. The van der Waals surface area contributed by atoms with Crippen LogP contribution < -0.4 is 0 Å². The first-order valence-corrected chi connectivity index (χ1v) is 14.1. The molecular formula is C27H28F2N6O2S. The van der Waals surface area contributed by atoms with Crippen molar-refractivity contribution in [3.63, 3.8) is 0 Å². The van der Waals surface area contributed by atoms with Crippen molar-refractivity contribution in [3.05, 3.63) is 53.7 Å².